The Kier molecular flexibility index (Phi) is 4.82. The van der Waals surface area contributed by atoms with E-state index in [2.05, 4.69) is 65.0 Å². The molecule has 4 heteroatoms. The van der Waals surface area contributed by atoms with E-state index in [0.717, 1.165) is 25.9 Å². The van der Waals surface area contributed by atoms with E-state index in [0.29, 0.717) is 18.4 Å². The van der Waals surface area contributed by atoms with Crippen molar-refractivity contribution in [1.29, 1.82) is 0 Å². The number of amides is 1. The average molecular weight is 353 g/mol. The molecular formula is C21H24N2OS. The zero-order chi connectivity index (χ0) is 17.2. The molecule has 1 saturated heterocycles. The molecule has 130 valence electrons. The Morgan fingerprint density at radius 3 is 2.36 bits per heavy atom. The maximum absolute atomic E-state index is 12.5. The van der Waals surface area contributed by atoms with Crippen LogP contribution in [0.3, 0.4) is 0 Å². The van der Waals surface area contributed by atoms with E-state index in [1.165, 1.54) is 21.6 Å². The van der Waals surface area contributed by atoms with Gasteiger partial charge in [-0.2, -0.15) is 0 Å². The fraction of sp³-hybridized carbons (Fsp3) is 0.381. The number of likely N-dealkylation sites (tertiary alicyclic amines) is 1. The van der Waals surface area contributed by atoms with Crippen molar-refractivity contribution in [2.75, 3.05) is 12.8 Å². The third-order valence-electron chi connectivity index (χ3n) is 5.38. The molecule has 0 saturated carbocycles. The van der Waals surface area contributed by atoms with E-state index in [9.17, 15) is 4.79 Å². The Labute approximate surface area is 153 Å². The monoisotopic (exact) mass is 352 g/mol. The van der Waals surface area contributed by atoms with Gasteiger partial charge in [-0.25, -0.2) is 0 Å². The van der Waals surface area contributed by atoms with Crippen LogP contribution in [0.15, 0.2) is 53.4 Å². The molecule has 3 nitrogen and oxygen atoms in total. The molecule has 0 spiro atoms. The van der Waals surface area contributed by atoms with Gasteiger partial charge in [0.2, 0.25) is 5.91 Å². The number of nitrogens with zero attached hydrogens (tertiary/aromatic N) is 1. The first-order valence-corrected chi connectivity index (χ1v) is 10.2. The summed E-state index contributed by atoms with van der Waals surface area (Å²) in [6.45, 7) is 1.66. The number of benzene rings is 2. The van der Waals surface area contributed by atoms with Gasteiger partial charge in [0.1, 0.15) is 0 Å². The third kappa shape index (κ3) is 3.60. The van der Waals surface area contributed by atoms with Crippen LogP contribution in [-0.4, -0.2) is 35.7 Å². The van der Waals surface area contributed by atoms with Crippen LogP contribution >= 0.6 is 11.8 Å². The van der Waals surface area contributed by atoms with Crippen molar-refractivity contribution in [1.82, 2.24) is 10.2 Å². The van der Waals surface area contributed by atoms with Gasteiger partial charge >= 0.3 is 0 Å². The molecule has 0 unspecified atom stereocenters. The fourth-order valence-electron chi connectivity index (χ4n) is 3.98. The van der Waals surface area contributed by atoms with E-state index >= 15 is 0 Å². The molecule has 1 aliphatic heterocycles. The summed E-state index contributed by atoms with van der Waals surface area (Å²) < 4.78 is 0. The van der Waals surface area contributed by atoms with Gasteiger partial charge in [0.25, 0.3) is 0 Å². The van der Waals surface area contributed by atoms with Crippen molar-refractivity contribution in [3.63, 3.8) is 0 Å². The molecule has 0 aromatic heterocycles. The van der Waals surface area contributed by atoms with Crippen molar-refractivity contribution >= 4 is 17.7 Å². The Hall–Kier alpha value is -1.78. The summed E-state index contributed by atoms with van der Waals surface area (Å²) in [5.74, 6) is 0.299. The van der Waals surface area contributed by atoms with Crippen LogP contribution in [0.5, 0.6) is 0 Å². The molecule has 1 atom stereocenters. The van der Waals surface area contributed by atoms with E-state index in [1.54, 1.807) is 11.8 Å². The van der Waals surface area contributed by atoms with E-state index in [4.69, 9.17) is 0 Å². The van der Waals surface area contributed by atoms with Crippen LogP contribution < -0.4 is 5.32 Å². The standard InChI is InChI=1S/C21H24N2OS/c1-25-20-8-6-15(7-9-20)13-22-18-12-21(24)23(14-18)19-10-16-4-2-3-5-17(16)11-19/h2-9,18-19,22H,10-14H2,1H3/t18-/m0/s1. The second kappa shape index (κ2) is 7.22. The molecule has 0 bridgehead atoms. The van der Waals surface area contributed by atoms with Crippen LogP contribution in [0.1, 0.15) is 23.1 Å². The lowest BCUT2D eigenvalue weighted by atomic mass is 10.1. The molecule has 2 aliphatic rings. The molecule has 1 aliphatic carbocycles. The summed E-state index contributed by atoms with van der Waals surface area (Å²) in [6.07, 6.45) is 4.72. The minimum Gasteiger partial charge on any atom is -0.337 e. The van der Waals surface area contributed by atoms with Gasteiger partial charge < -0.3 is 10.2 Å². The molecule has 2 aromatic carbocycles. The molecular weight excluding hydrogens is 328 g/mol. The number of carbonyl (C=O) groups is 1. The van der Waals surface area contributed by atoms with Gasteiger partial charge in [0.15, 0.2) is 0 Å². The Morgan fingerprint density at radius 1 is 1.04 bits per heavy atom. The van der Waals surface area contributed by atoms with Crippen LogP contribution in [0, 0.1) is 0 Å². The number of carbonyl (C=O) groups excluding carboxylic acids is 1. The van der Waals surface area contributed by atoms with Crippen LogP contribution in [0.4, 0.5) is 0 Å². The second-order valence-corrected chi connectivity index (χ2v) is 7.89. The molecule has 1 fully saturated rings. The average Bonchev–Trinajstić information content (AvgIpc) is 3.23. The normalized spacial score (nSPS) is 20.3. The molecule has 0 radical (unpaired) electrons. The SMILES string of the molecule is CSc1ccc(CN[C@H]2CC(=O)N(C3Cc4ccccc4C3)C2)cc1. The van der Waals surface area contributed by atoms with Gasteiger partial charge in [-0.1, -0.05) is 36.4 Å². The quantitative estimate of drug-likeness (QED) is 0.838. The molecule has 25 heavy (non-hydrogen) atoms. The second-order valence-electron chi connectivity index (χ2n) is 7.01. The predicted molar refractivity (Wildman–Crippen MR) is 103 cm³/mol. The van der Waals surface area contributed by atoms with Crippen LogP contribution in [0.2, 0.25) is 0 Å². The summed E-state index contributed by atoms with van der Waals surface area (Å²) in [5.41, 5.74) is 4.09. The number of thioether (sulfide) groups is 1. The first-order chi connectivity index (χ1) is 12.2. The van der Waals surface area contributed by atoms with Crippen molar-refractivity contribution in [2.45, 2.75) is 42.8 Å². The maximum atomic E-state index is 12.5. The highest BCUT2D eigenvalue weighted by Gasteiger charge is 2.36. The van der Waals surface area contributed by atoms with Gasteiger partial charge in [-0.15, -0.1) is 11.8 Å². The largest absolute Gasteiger partial charge is 0.337 e. The number of fused-ring (bicyclic) bond motifs is 1. The van der Waals surface area contributed by atoms with Gasteiger partial charge in [0.05, 0.1) is 0 Å². The highest BCUT2D eigenvalue weighted by atomic mass is 32.2. The first kappa shape index (κ1) is 16.7. The topological polar surface area (TPSA) is 32.3 Å². The molecule has 4 rings (SSSR count). The molecule has 1 heterocycles. The Morgan fingerprint density at radius 2 is 1.72 bits per heavy atom. The summed E-state index contributed by atoms with van der Waals surface area (Å²) in [5, 5.41) is 3.57. The number of nitrogens with one attached hydrogen (secondary N) is 1. The number of rotatable bonds is 5. The highest BCUT2D eigenvalue weighted by molar-refractivity contribution is 7.98. The summed E-state index contributed by atoms with van der Waals surface area (Å²) >= 11 is 1.76. The van der Waals surface area contributed by atoms with Crippen molar-refractivity contribution in [3.8, 4) is 0 Å². The van der Waals surface area contributed by atoms with Crippen molar-refractivity contribution < 1.29 is 4.79 Å². The van der Waals surface area contributed by atoms with Gasteiger partial charge in [-0.05, 0) is 47.9 Å². The first-order valence-electron chi connectivity index (χ1n) is 8.95. The Bertz CT molecular complexity index is 734. The number of hydrogen-bond acceptors (Lipinski definition) is 3. The zero-order valence-corrected chi connectivity index (χ0v) is 15.4. The predicted octanol–water partition coefficient (Wildman–Crippen LogP) is 3.27. The minimum absolute atomic E-state index is 0.261. The van der Waals surface area contributed by atoms with Gasteiger partial charge in [-0.3, -0.25) is 4.79 Å². The number of hydrogen-bond donors (Lipinski definition) is 1. The van der Waals surface area contributed by atoms with Crippen molar-refractivity contribution in [2.24, 2.45) is 0 Å². The molecule has 1 amide bonds. The summed E-state index contributed by atoms with van der Waals surface area (Å²) in [4.78, 5) is 15.9. The van der Waals surface area contributed by atoms with E-state index in [-0.39, 0.29) is 6.04 Å². The highest BCUT2D eigenvalue weighted by Crippen LogP contribution is 2.28. The maximum Gasteiger partial charge on any atom is 0.224 e. The smallest absolute Gasteiger partial charge is 0.224 e. The molecule has 2 aromatic rings. The lowest BCUT2D eigenvalue weighted by molar-refractivity contribution is -0.129. The van der Waals surface area contributed by atoms with E-state index < -0.39 is 0 Å². The Balaban J connectivity index is 1.33. The lowest BCUT2D eigenvalue weighted by Gasteiger charge is -2.24. The molecule has 1 N–H and O–H groups in total. The third-order valence-corrected chi connectivity index (χ3v) is 6.13. The van der Waals surface area contributed by atoms with Crippen LogP contribution in [-0.2, 0) is 24.2 Å². The minimum atomic E-state index is 0.261. The zero-order valence-electron chi connectivity index (χ0n) is 14.6. The van der Waals surface area contributed by atoms with Crippen molar-refractivity contribution in [3.05, 3.63) is 65.2 Å². The van der Waals surface area contributed by atoms with E-state index in [1.807, 2.05) is 0 Å². The summed E-state index contributed by atoms with van der Waals surface area (Å²) in [7, 11) is 0. The lowest BCUT2D eigenvalue weighted by Crippen LogP contribution is -2.39. The summed E-state index contributed by atoms with van der Waals surface area (Å²) in [6, 6.07) is 17.8. The van der Waals surface area contributed by atoms with Gasteiger partial charge in [0, 0.05) is 36.5 Å². The fourth-order valence-corrected chi connectivity index (χ4v) is 4.39. The van der Waals surface area contributed by atoms with Crippen LogP contribution in [0.25, 0.3) is 0 Å².